The Labute approximate surface area is 241 Å². The molecule has 5 aromatic rings. The van der Waals surface area contributed by atoms with E-state index in [-0.39, 0.29) is 12.2 Å². The van der Waals surface area contributed by atoms with E-state index in [0.717, 1.165) is 34.1 Å². The van der Waals surface area contributed by atoms with Crippen LogP contribution in [0, 0.1) is 25.2 Å². The fourth-order valence-corrected chi connectivity index (χ4v) is 4.69. The Morgan fingerprint density at radius 1 is 0.833 bits per heavy atom. The molecule has 4 aromatic carbocycles. The number of alkyl halides is 3. The molecule has 0 bridgehead atoms. The smallest absolute Gasteiger partial charge is 0.417 e. The molecule has 1 N–H and O–H groups in total. The molecular formula is C34H26F3N3O2. The zero-order valence-corrected chi connectivity index (χ0v) is 22.9. The van der Waals surface area contributed by atoms with Gasteiger partial charge in [0.15, 0.2) is 0 Å². The first-order valence-corrected chi connectivity index (χ1v) is 13.1. The number of para-hydroxylation sites is 1. The van der Waals surface area contributed by atoms with Crippen LogP contribution < -0.4 is 15.6 Å². The number of benzene rings is 4. The summed E-state index contributed by atoms with van der Waals surface area (Å²) in [6.07, 6.45) is -4.87. The van der Waals surface area contributed by atoms with Gasteiger partial charge in [0.2, 0.25) is 0 Å². The summed E-state index contributed by atoms with van der Waals surface area (Å²) in [6.45, 7) is 3.81. The van der Waals surface area contributed by atoms with Crippen LogP contribution in [0.4, 0.5) is 24.5 Å². The first-order chi connectivity index (χ1) is 20.1. The zero-order chi connectivity index (χ0) is 29.9. The number of nitriles is 1. The van der Waals surface area contributed by atoms with Crippen LogP contribution in [0.2, 0.25) is 0 Å². The molecule has 0 saturated heterocycles. The fraction of sp³-hybridized carbons (Fsp3) is 0.118. The zero-order valence-electron chi connectivity index (χ0n) is 22.9. The number of nitrogens with one attached hydrogen (secondary N) is 1. The van der Waals surface area contributed by atoms with E-state index in [4.69, 9.17) is 4.74 Å². The van der Waals surface area contributed by atoms with Crippen LogP contribution in [0.25, 0.3) is 11.3 Å². The van der Waals surface area contributed by atoms with Crippen molar-refractivity contribution in [3.8, 4) is 28.8 Å². The lowest BCUT2D eigenvalue weighted by molar-refractivity contribution is -0.137. The molecular weight excluding hydrogens is 539 g/mol. The van der Waals surface area contributed by atoms with Gasteiger partial charge in [-0.15, -0.1) is 0 Å². The van der Waals surface area contributed by atoms with E-state index in [1.165, 1.54) is 10.6 Å². The predicted octanol–water partition coefficient (Wildman–Crippen LogP) is 8.61. The highest BCUT2D eigenvalue weighted by Gasteiger charge is 2.36. The van der Waals surface area contributed by atoms with Gasteiger partial charge in [-0.2, -0.15) is 18.4 Å². The molecule has 0 atom stereocenters. The van der Waals surface area contributed by atoms with Crippen molar-refractivity contribution in [2.45, 2.75) is 26.6 Å². The molecule has 0 aliphatic rings. The standard InChI is InChI=1S/C34H26F3N3O2/c1-22-8-9-25(23(2)18-22)21-40-32(19-31(34(35,36)37)30(20-38)33(40)41)24-10-14-28(15-11-24)42-29-16-12-27(13-17-29)39-26-6-4-3-5-7-26/h3-19,39H,21H2,1-2H3. The normalized spacial score (nSPS) is 11.1. The summed E-state index contributed by atoms with van der Waals surface area (Å²) in [5.74, 6) is 1.04. The van der Waals surface area contributed by atoms with Crippen LogP contribution in [0.5, 0.6) is 11.5 Å². The Kier molecular flexibility index (Phi) is 7.85. The average Bonchev–Trinajstić information content (AvgIpc) is 2.96. The maximum Gasteiger partial charge on any atom is 0.417 e. The number of aromatic nitrogens is 1. The van der Waals surface area contributed by atoms with Crippen molar-refractivity contribution >= 4 is 11.4 Å². The molecule has 0 spiro atoms. The second-order valence-electron chi connectivity index (χ2n) is 9.89. The van der Waals surface area contributed by atoms with Crippen LogP contribution in [-0.2, 0) is 12.7 Å². The van der Waals surface area contributed by atoms with Gasteiger partial charge in [-0.1, -0.05) is 42.0 Å². The quantitative estimate of drug-likeness (QED) is 0.215. The van der Waals surface area contributed by atoms with Gasteiger partial charge in [0.25, 0.3) is 5.56 Å². The number of aryl methyl sites for hydroxylation is 2. The molecule has 5 nitrogen and oxygen atoms in total. The summed E-state index contributed by atoms with van der Waals surface area (Å²) in [4.78, 5) is 13.3. The maximum atomic E-state index is 13.9. The lowest BCUT2D eigenvalue weighted by Gasteiger charge is -2.19. The fourth-order valence-electron chi connectivity index (χ4n) is 4.69. The first kappa shape index (κ1) is 28.2. The molecule has 0 aliphatic carbocycles. The molecule has 0 unspecified atom stereocenters. The van der Waals surface area contributed by atoms with Gasteiger partial charge in [0.1, 0.15) is 23.1 Å². The Hall–Kier alpha value is -5.29. The van der Waals surface area contributed by atoms with E-state index in [0.29, 0.717) is 17.1 Å². The van der Waals surface area contributed by atoms with E-state index < -0.39 is 22.9 Å². The van der Waals surface area contributed by atoms with E-state index in [1.807, 2.05) is 74.5 Å². The number of hydrogen-bond acceptors (Lipinski definition) is 4. The predicted molar refractivity (Wildman–Crippen MR) is 157 cm³/mol. The second-order valence-corrected chi connectivity index (χ2v) is 9.89. The molecule has 5 rings (SSSR count). The third-order valence-corrected chi connectivity index (χ3v) is 6.85. The summed E-state index contributed by atoms with van der Waals surface area (Å²) in [5.41, 5.74) is 1.75. The molecule has 1 heterocycles. The minimum atomic E-state index is -4.87. The van der Waals surface area contributed by atoms with E-state index in [2.05, 4.69) is 5.32 Å². The highest BCUT2D eigenvalue weighted by Crippen LogP contribution is 2.35. The Bertz CT molecular complexity index is 1820. The number of rotatable bonds is 7. The molecule has 0 fully saturated rings. The van der Waals surface area contributed by atoms with Gasteiger partial charge in [-0.3, -0.25) is 4.79 Å². The largest absolute Gasteiger partial charge is 0.457 e. The van der Waals surface area contributed by atoms with Crippen molar-refractivity contribution < 1.29 is 17.9 Å². The van der Waals surface area contributed by atoms with Crippen molar-refractivity contribution in [1.29, 1.82) is 5.26 Å². The highest BCUT2D eigenvalue weighted by molar-refractivity contribution is 5.64. The van der Waals surface area contributed by atoms with Crippen molar-refractivity contribution in [1.82, 2.24) is 4.57 Å². The van der Waals surface area contributed by atoms with Crippen molar-refractivity contribution in [2.24, 2.45) is 0 Å². The van der Waals surface area contributed by atoms with Gasteiger partial charge < -0.3 is 14.6 Å². The molecule has 0 radical (unpaired) electrons. The molecule has 1 aromatic heterocycles. The number of anilines is 2. The lowest BCUT2D eigenvalue weighted by atomic mass is 10.0. The summed E-state index contributed by atoms with van der Waals surface area (Å²) < 4.78 is 48.9. The highest BCUT2D eigenvalue weighted by atomic mass is 19.4. The third-order valence-electron chi connectivity index (χ3n) is 6.85. The second kappa shape index (κ2) is 11.7. The summed E-state index contributed by atoms with van der Waals surface area (Å²) in [5, 5.41) is 12.8. The average molecular weight is 566 g/mol. The number of hydrogen-bond donors (Lipinski definition) is 1. The van der Waals surface area contributed by atoms with Gasteiger partial charge in [0, 0.05) is 11.4 Å². The van der Waals surface area contributed by atoms with Crippen molar-refractivity contribution in [2.75, 3.05) is 5.32 Å². The third kappa shape index (κ3) is 6.21. The molecule has 0 aliphatic heterocycles. The van der Waals surface area contributed by atoms with E-state index in [9.17, 15) is 23.2 Å². The SMILES string of the molecule is Cc1ccc(Cn2c(-c3ccc(Oc4ccc(Nc5ccccc5)cc4)cc3)cc(C(F)(F)F)c(C#N)c2=O)c(C)c1. The van der Waals surface area contributed by atoms with Gasteiger partial charge in [-0.05, 0) is 97.3 Å². The van der Waals surface area contributed by atoms with Crippen LogP contribution in [-0.4, -0.2) is 4.57 Å². The molecule has 42 heavy (non-hydrogen) atoms. The Balaban J connectivity index is 1.46. The number of ether oxygens (including phenoxy) is 1. The van der Waals surface area contributed by atoms with Crippen molar-refractivity contribution in [3.05, 3.63) is 141 Å². The topological polar surface area (TPSA) is 67.0 Å². The molecule has 8 heteroatoms. The van der Waals surface area contributed by atoms with Crippen LogP contribution in [0.1, 0.15) is 27.8 Å². The monoisotopic (exact) mass is 565 g/mol. The minimum absolute atomic E-state index is 0.00865. The summed E-state index contributed by atoms with van der Waals surface area (Å²) >= 11 is 0. The molecule has 0 amide bonds. The van der Waals surface area contributed by atoms with E-state index >= 15 is 0 Å². The van der Waals surface area contributed by atoms with E-state index in [1.54, 1.807) is 36.4 Å². The Morgan fingerprint density at radius 3 is 2.05 bits per heavy atom. The van der Waals surface area contributed by atoms with Crippen LogP contribution >= 0.6 is 0 Å². The number of nitrogens with zero attached hydrogens (tertiary/aromatic N) is 2. The summed E-state index contributed by atoms with van der Waals surface area (Å²) in [6, 6.07) is 31.5. The summed E-state index contributed by atoms with van der Waals surface area (Å²) in [7, 11) is 0. The number of pyridine rings is 1. The van der Waals surface area contributed by atoms with Crippen LogP contribution in [0.3, 0.4) is 0 Å². The van der Waals surface area contributed by atoms with Crippen molar-refractivity contribution in [3.63, 3.8) is 0 Å². The Morgan fingerprint density at radius 2 is 1.45 bits per heavy atom. The number of halogens is 3. The van der Waals surface area contributed by atoms with Crippen LogP contribution in [0.15, 0.2) is 108 Å². The lowest BCUT2D eigenvalue weighted by Crippen LogP contribution is -2.29. The van der Waals surface area contributed by atoms with Gasteiger partial charge in [-0.25, -0.2) is 0 Å². The minimum Gasteiger partial charge on any atom is -0.457 e. The molecule has 0 saturated carbocycles. The first-order valence-electron chi connectivity index (χ1n) is 13.1. The van der Waals surface area contributed by atoms with Gasteiger partial charge >= 0.3 is 6.18 Å². The van der Waals surface area contributed by atoms with Gasteiger partial charge in [0.05, 0.1) is 17.8 Å². The maximum absolute atomic E-state index is 13.9. The molecule has 210 valence electrons.